The van der Waals surface area contributed by atoms with Gasteiger partial charge in [-0.2, -0.15) is 0 Å². The van der Waals surface area contributed by atoms with Crippen molar-refractivity contribution in [3.8, 4) is 0 Å². The number of morpholine rings is 1. The van der Waals surface area contributed by atoms with Crippen LogP contribution >= 0.6 is 11.8 Å². The maximum Gasteiger partial charge on any atom is 0.240 e. The third kappa shape index (κ3) is 6.00. The summed E-state index contributed by atoms with van der Waals surface area (Å²) in [6.45, 7) is 10.9. The number of benzene rings is 1. The minimum absolute atomic E-state index is 0.151. The molecule has 0 radical (unpaired) electrons. The lowest BCUT2D eigenvalue weighted by atomic mass is 10.3. The van der Waals surface area contributed by atoms with E-state index in [0.29, 0.717) is 30.6 Å². The number of aromatic nitrogens is 3. The van der Waals surface area contributed by atoms with Crippen molar-refractivity contribution in [1.82, 2.24) is 19.5 Å². The van der Waals surface area contributed by atoms with Crippen molar-refractivity contribution in [2.75, 3.05) is 36.5 Å². The van der Waals surface area contributed by atoms with E-state index < -0.39 is 15.3 Å². The molecule has 1 aromatic heterocycles. The lowest BCUT2D eigenvalue weighted by Crippen LogP contribution is -2.38. The van der Waals surface area contributed by atoms with E-state index in [9.17, 15) is 13.2 Å². The van der Waals surface area contributed by atoms with Gasteiger partial charge in [-0.05, 0) is 52.0 Å². The predicted octanol–water partition coefficient (Wildman–Crippen LogP) is 1.94. The molecule has 12 heteroatoms. The highest BCUT2D eigenvalue weighted by atomic mass is 32.2. The van der Waals surface area contributed by atoms with E-state index in [1.807, 2.05) is 11.5 Å². The zero-order chi connectivity index (χ0) is 23.3. The number of nitrogens with zero attached hydrogens (tertiary/aromatic N) is 4. The number of amides is 1. The summed E-state index contributed by atoms with van der Waals surface area (Å²) in [6, 6.07) is 5.90. The van der Waals surface area contributed by atoms with Crippen molar-refractivity contribution in [2.45, 2.75) is 55.6 Å². The molecule has 0 spiro atoms. The topological polar surface area (TPSA) is 118 Å². The van der Waals surface area contributed by atoms with Gasteiger partial charge in [0.2, 0.25) is 21.9 Å². The third-order valence-electron chi connectivity index (χ3n) is 4.78. The van der Waals surface area contributed by atoms with Crippen LogP contribution < -0.4 is 14.9 Å². The fourth-order valence-electron chi connectivity index (χ4n) is 3.19. The quantitative estimate of drug-likeness (QED) is 0.521. The molecule has 1 amide bonds. The van der Waals surface area contributed by atoms with Gasteiger partial charge in [0.25, 0.3) is 0 Å². The van der Waals surface area contributed by atoms with Crippen LogP contribution in [0.15, 0.2) is 34.3 Å². The molecule has 1 atom stereocenters. The summed E-state index contributed by atoms with van der Waals surface area (Å²) in [4.78, 5) is 15.0. The Kier molecular flexibility index (Phi) is 8.15. The van der Waals surface area contributed by atoms with E-state index >= 15 is 0 Å². The highest BCUT2D eigenvalue weighted by molar-refractivity contribution is 8.00. The van der Waals surface area contributed by atoms with Crippen molar-refractivity contribution < 1.29 is 17.9 Å². The maximum absolute atomic E-state index is 12.7. The number of nitrogens with one attached hydrogen (secondary N) is 2. The molecule has 0 bridgehead atoms. The van der Waals surface area contributed by atoms with Crippen LogP contribution in [0.1, 0.15) is 27.7 Å². The number of sulfonamides is 1. The second kappa shape index (κ2) is 10.6. The van der Waals surface area contributed by atoms with Crippen molar-refractivity contribution in [2.24, 2.45) is 0 Å². The molecule has 176 valence electrons. The van der Waals surface area contributed by atoms with E-state index in [-0.39, 0.29) is 16.8 Å². The Hall–Kier alpha value is -2.15. The summed E-state index contributed by atoms with van der Waals surface area (Å²) in [6.07, 6.45) is 0. The van der Waals surface area contributed by atoms with Crippen LogP contribution in [-0.2, 0) is 26.1 Å². The van der Waals surface area contributed by atoms with Crippen LogP contribution in [0.25, 0.3) is 0 Å². The summed E-state index contributed by atoms with van der Waals surface area (Å²) in [5.41, 5.74) is 0.525. The molecule has 1 aliphatic rings. The zero-order valence-electron chi connectivity index (χ0n) is 18.7. The van der Waals surface area contributed by atoms with Crippen molar-refractivity contribution >= 4 is 39.3 Å². The smallest absolute Gasteiger partial charge is 0.240 e. The molecule has 2 aromatic rings. The fourth-order valence-corrected chi connectivity index (χ4v) is 5.35. The first kappa shape index (κ1) is 24.5. The van der Waals surface area contributed by atoms with Crippen LogP contribution in [-0.4, -0.2) is 66.7 Å². The average Bonchev–Trinajstić information content (AvgIpc) is 3.16. The van der Waals surface area contributed by atoms with E-state index in [4.69, 9.17) is 4.74 Å². The van der Waals surface area contributed by atoms with Crippen molar-refractivity contribution in [3.05, 3.63) is 24.3 Å². The third-order valence-corrected chi connectivity index (χ3v) is 7.54. The highest BCUT2D eigenvalue weighted by Gasteiger charge is 2.23. The molecule has 1 aliphatic heterocycles. The van der Waals surface area contributed by atoms with E-state index in [2.05, 4.69) is 25.1 Å². The summed E-state index contributed by atoms with van der Waals surface area (Å²) in [5, 5.41) is 11.7. The molecule has 1 fully saturated rings. The molecular formula is C20H30N6O4S2. The van der Waals surface area contributed by atoms with Gasteiger partial charge in [-0.1, -0.05) is 11.8 Å². The number of thioether (sulfide) groups is 1. The fraction of sp³-hybridized carbons (Fsp3) is 0.550. The van der Waals surface area contributed by atoms with Gasteiger partial charge in [0.15, 0.2) is 5.16 Å². The Balaban J connectivity index is 1.63. The molecule has 1 saturated heterocycles. The Morgan fingerprint density at radius 2 is 1.81 bits per heavy atom. The van der Waals surface area contributed by atoms with Gasteiger partial charge in [-0.25, -0.2) is 13.1 Å². The Morgan fingerprint density at radius 3 is 2.41 bits per heavy atom. The van der Waals surface area contributed by atoms with Gasteiger partial charge in [0.05, 0.1) is 23.4 Å². The number of carbonyl (C=O) groups excluding carboxylic acids is 1. The van der Waals surface area contributed by atoms with Crippen LogP contribution in [0.4, 0.5) is 11.6 Å². The SMILES string of the molecule is CCn1c(SC(C)C(=O)Nc2ccc(S(=O)(=O)NC(C)C)cc2)nnc1N1CCOCC1. The lowest BCUT2D eigenvalue weighted by molar-refractivity contribution is -0.115. The minimum Gasteiger partial charge on any atom is -0.378 e. The summed E-state index contributed by atoms with van der Waals surface area (Å²) in [7, 11) is -3.57. The van der Waals surface area contributed by atoms with Crippen molar-refractivity contribution in [1.29, 1.82) is 0 Å². The first-order valence-electron chi connectivity index (χ1n) is 10.6. The molecule has 32 heavy (non-hydrogen) atoms. The Bertz CT molecular complexity index is 1020. The molecule has 0 saturated carbocycles. The maximum atomic E-state index is 12.7. The highest BCUT2D eigenvalue weighted by Crippen LogP contribution is 2.27. The molecule has 3 rings (SSSR count). The Labute approximate surface area is 193 Å². The molecule has 2 N–H and O–H groups in total. The van der Waals surface area contributed by atoms with E-state index in [1.165, 1.54) is 23.9 Å². The monoisotopic (exact) mass is 482 g/mol. The zero-order valence-corrected chi connectivity index (χ0v) is 20.4. The van der Waals surface area contributed by atoms with Gasteiger partial charge in [-0.15, -0.1) is 10.2 Å². The predicted molar refractivity (Wildman–Crippen MR) is 125 cm³/mol. The molecule has 10 nitrogen and oxygen atoms in total. The number of carbonyl (C=O) groups is 1. The van der Waals surface area contributed by atoms with Crippen LogP contribution in [0.5, 0.6) is 0 Å². The second-order valence-electron chi connectivity index (χ2n) is 7.68. The van der Waals surface area contributed by atoms with Gasteiger partial charge in [-0.3, -0.25) is 9.36 Å². The first-order chi connectivity index (χ1) is 15.2. The number of hydrogen-bond acceptors (Lipinski definition) is 8. The molecule has 1 aromatic carbocycles. The van der Waals surface area contributed by atoms with Gasteiger partial charge < -0.3 is 15.0 Å². The number of rotatable bonds is 9. The van der Waals surface area contributed by atoms with Gasteiger partial charge in [0.1, 0.15) is 0 Å². The van der Waals surface area contributed by atoms with Crippen molar-refractivity contribution in [3.63, 3.8) is 0 Å². The molecule has 0 aliphatic carbocycles. The summed E-state index contributed by atoms with van der Waals surface area (Å²) < 4.78 is 34.4. The number of ether oxygens (including phenoxy) is 1. The minimum atomic E-state index is -3.57. The van der Waals surface area contributed by atoms with E-state index in [1.54, 1.807) is 32.9 Å². The van der Waals surface area contributed by atoms with Crippen LogP contribution in [0.3, 0.4) is 0 Å². The van der Waals surface area contributed by atoms with Crippen LogP contribution in [0.2, 0.25) is 0 Å². The largest absolute Gasteiger partial charge is 0.378 e. The average molecular weight is 483 g/mol. The normalized spacial score (nSPS) is 15.7. The number of anilines is 2. The summed E-state index contributed by atoms with van der Waals surface area (Å²) in [5.74, 6) is 0.585. The van der Waals surface area contributed by atoms with Gasteiger partial charge >= 0.3 is 0 Å². The van der Waals surface area contributed by atoms with Gasteiger partial charge in [0, 0.05) is 31.4 Å². The van der Waals surface area contributed by atoms with Crippen LogP contribution in [0, 0.1) is 0 Å². The lowest BCUT2D eigenvalue weighted by Gasteiger charge is -2.27. The molecule has 2 heterocycles. The Morgan fingerprint density at radius 1 is 1.16 bits per heavy atom. The van der Waals surface area contributed by atoms with E-state index in [0.717, 1.165) is 19.0 Å². The second-order valence-corrected chi connectivity index (χ2v) is 10.7. The molecular weight excluding hydrogens is 452 g/mol. The summed E-state index contributed by atoms with van der Waals surface area (Å²) >= 11 is 1.33. The number of hydrogen-bond donors (Lipinski definition) is 2. The standard InChI is InChI=1S/C20H30N6O4S2/c1-5-26-19(25-10-12-30-13-11-25)22-23-20(26)31-15(4)18(27)21-16-6-8-17(9-7-16)32(28,29)24-14(2)3/h6-9,14-15,24H,5,10-13H2,1-4H3,(H,21,27). The molecule has 1 unspecified atom stereocenters. The first-order valence-corrected chi connectivity index (χ1v) is 12.9.